The first-order valence-corrected chi connectivity index (χ1v) is 9.70. The monoisotopic (exact) mass is 394 g/mol. The molecule has 7 nitrogen and oxygen atoms in total. The molecule has 1 saturated carbocycles. The average Bonchev–Trinajstić information content (AvgIpc) is 3.07. The van der Waals surface area contributed by atoms with E-state index in [2.05, 4.69) is 5.32 Å². The van der Waals surface area contributed by atoms with E-state index in [1.807, 2.05) is 4.90 Å². The lowest BCUT2D eigenvalue weighted by Crippen LogP contribution is -2.37. The number of nitrogens with zero attached hydrogens (tertiary/aromatic N) is 1. The van der Waals surface area contributed by atoms with Gasteiger partial charge in [-0.25, -0.2) is 0 Å². The molecule has 2 heterocycles. The number of amides is 1. The zero-order chi connectivity index (χ0) is 19.0. The van der Waals surface area contributed by atoms with Crippen LogP contribution >= 0.6 is 11.6 Å². The molecule has 1 aromatic carbocycles. The summed E-state index contributed by atoms with van der Waals surface area (Å²) in [6.07, 6.45) is 3.34. The number of carbonyl (C=O) groups is 2. The van der Waals surface area contributed by atoms with Gasteiger partial charge in [0.25, 0.3) is 0 Å². The molecule has 2 N–H and O–H groups in total. The maximum Gasteiger partial charge on any atom is 0.311 e. The Morgan fingerprint density at radius 1 is 1.26 bits per heavy atom. The molecule has 2 atom stereocenters. The molecule has 0 spiro atoms. The largest absolute Gasteiger partial charge is 0.490 e. The van der Waals surface area contributed by atoms with Crippen LogP contribution in [-0.4, -0.2) is 54.7 Å². The van der Waals surface area contributed by atoms with Gasteiger partial charge >= 0.3 is 5.97 Å². The summed E-state index contributed by atoms with van der Waals surface area (Å²) in [4.78, 5) is 26.2. The van der Waals surface area contributed by atoms with E-state index < -0.39 is 11.4 Å². The molecule has 0 bridgehead atoms. The number of nitrogens with one attached hydrogen (secondary N) is 1. The van der Waals surface area contributed by atoms with Crippen molar-refractivity contribution in [3.05, 3.63) is 17.2 Å². The zero-order valence-corrected chi connectivity index (χ0v) is 15.8. The molecule has 2 fully saturated rings. The number of fused-ring (bicyclic) bond motifs is 2. The first-order chi connectivity index (χ1) is 13.0. The highest BCUT2D eigenvalue weighted by Gasteiger charge is 2.54. The molecule has 8 heteroatoms. The second-order valence-electron chi connectivity index (χ2n) is 7.60. The Morgan fingerprint density at radius 2 is 2.00 bits per heavy atom. The summed E-state index contributed by atoms with van der Waals surface area (Å²) in [6, 6.07) is 3.33. The second kappa shape index (κ2) is 7.20. The van der Waals surface area contributed by atoms with Crippen molar-refractivity contribution in [1.29, 1.82) is 0 Å². The molecule has 2 aliphatic heterocycles. The molecular formula is C19H23ClN2O5. The third-order valence-corrected chi connectivity index (χ3v) is 6.16. The number of hydrogen-bond donors (Lipinski definition) is 2. The predicted molar refractivity (Wildman–Crippen MR) is 99.5 cm³/mol. The van der Waals surface area contributed by atoms with Gasteiger partial charge in [-0.1, -0.05) is 18.0 Å². The Balaban J connectivity index is 1.42. The topological polar surface area (TPSA) is 88.1 Å². The fraction of sp³-hybridized carbons (Fsp3) is 0.579. The average molecular weight is 395 g/mol. The van der Waals surface area contributed by atoms with Crippen LogP contribution < -0.4 is 14.8 Å². The van der Waals surface area contributed by atoms with E-state index in [0.717, 1.165) is 19.3 Å². The van der Waals surface area contributed by atoms with E-state index in [1.54, 1.807) is 12.1 Å². The van der Waals surface area contributed by atoms with Gasteiger partial charge in [0, 0.05) is 31.6 Å². The van der Waals surface area contributed by atoms with Gasteiger partial charge in [0.05, 0.1) is 35.9 Å². The minimum atomic E-state index is -0.737. The van der Waals surface area contributed by atoms with Gasteiger partial charge in [-0.2, -0.15) is 0 Å². The number of carboxylic acid groups (broad SMARTS) is 1. The second-order valence-corrected chi connectivity index (χ2v) is 8.00. The SMILES string of the molecule is O=C(CN1C[C@@H]2CCC[C@@]2(C(=O)O)C1)Nc1cc2c(cc1Cl)OCCCO2. The van der Waals surface area contributed by atoms with E-state index in [9.17, 15) is 14.7 Å². The van der Waals surface area contributed by atoms with Crippen LogP contribution in [0.25, 0.3) is 0 Å². The van der Waals surface area contributed by atoms with Crippen LogP contribution in [0.3, 0.4) is 0 Å². The Labute approximate surface area is 162 Å². The van der Waals surface area contributed by atoms with Crippen molar-refractivity contribution < 1.29 is 24.2 Å². The molecule has 146 valence electrons. The highest BCUT2D eigenvalue weighted by Crippen LogP contribution is 2.48. The number of rotatable bonds is 4. The van der Waals surface area contributed by atoms with Crippen LogP contribution in [0, 0.1) is 11.3 Å². The number of hydrogen-bond acceptors (Lipinski definition) is 5. The van der Waals surface area contributed by atoms with Crippen molar-refractivity contribution in [3.8, 4) is 11.5 Å². The summed E-state index contributed by atoms with van der Waals surface area (Å²) in [5.41, 5.74) is -0.217. The molecule has 1 aromatic rings. The van der Waals surface area contributed by atoms with Crippen molar-refractivity contribution in [2.75, 3.05) is 38.2 Å². The van der Waals surface area contributed by atoms with Crippen molar-refractivity contribution in [3.63, 3.8) is 0 Å². The van der Waals surface area contributed by atoms with E-state index in [4.69, 9.17) is 21.1 Å². The molecule has 0 aromatic heterocycles. The maximum atomic E-state index is 12.5. The number of benzene rings is 1. The summed E-state index contributed by atoms with van der Waals surface area (Å²) in [5, 5.41) is 12.9. The molecule has 0 radical (unpaired) electrons. The summed E-state index contributed by atoms with van der Waals surface area (Å²) in [6.45, 7) is 2.34. The Hall–Kier alpha value is -1.99. The van der Waals surface area contributed by atoms with Gasteiger partial charge in [0.2, 0.25) is 5.91 Å². The van der Waals surface area contributed by atoms with Crippen LogP contribution in [0.4, 0.5) is 5.69 Å². The van der Waals surface area contributed by atoms with Crippen LogP contribution in [0.15, 0.2) is 12.1 Å². The number of ether oxygens (including phenoxy) is 2. The third-order valence-electron chi connectivity index (χ3n) is 5.85. The van der Waals surface area contributed by atoms with E-state index in [-0.39, 0.29) is 18.4 Å². The Morgan fingerprint density at radius 3 is 2.70 bits per heavy atom. The lowest BCUT2D eigenvalue weighted by Gasteiger charge is -2.23. The van der Waals surface area contributed by atoms with Crippen LogP contribution in [0.5, 0.6) is 11.5 Å². The zero-order valence-electron chi connectivity index (χ0n) is 15.0. The molecule has 27 heavy (non-hydrogen) atoms. The standard InChI is InChI=1S/C19H23ClN2O5/c20-13-7-15-16(27-6-2-5-26-15)8-14(13)21-17(23)10-22-9-12-3-1-4-19(12,11-22)18(24)25/h7-8,12H,1-6,9-11H2,(H,21,23)(H,24,25)/t12-,19+/m0/s1. The third kappa shape index (κ3) is 3.46. The van der Waals surface area contributed by atoms with Gasteiger partial charge in [0.15, 0.2) is 11.5 Å². The van der Waals surface area contributed by atoms with Crippen LogP contribution in [-0.2, 0) is 9.59 Å². The van der Waals surface area contributed by atoms with Gasteiger partial charge in [-0.3, -0.25) is 14.5 Å². The highest BCUT2D eigenvalue weighted by molar-refractivity contribution is 6.34. The van der Waals surface area contributed by atoms with E-state index in [1.165, 1.54) is 0 Å². The molecule has 3 aliphatic rings. The van der Waals surface area contributed by atoms with Crippen molar-refractivity contribution in [2.24, 2.45) is 11.3 Å². The van der Waals surface area contributed by atoms with Crippen LogP contribution in [0.2, 0.25) is 5.02 Å². The molecule has 4 rings (SSSR count). The maximum absolute atomic E-state index is 12.5. The summed E-state index contributed by atoms with van der Waals surface area (Å²) in [7, 11) is 0. The molecular weight excluding hydrogens is 372 g/mol. The number of carboxylic acids is 1. The first kappa shape index (κ1) is 18.4. The fourth-order valence-corrected chi connectivity index (χ4v) is 4.74. The number of likely N-dealkylation sites (tertiary alicyclic amines) is 1. The highest BCUT2D eigenvalue weighted by atomic mass is 35.5. The Kier molecular flexibility index (Phi) is 4.90. The number of carbonyl (C=O) groups excluding carboxylic acids is 1. The number of halogens is 1. The first-order valence-electron chi connectivity index (χ1n) is 9.33. The van der Waals surface area contributed by atoms with Crippen molar-refractivity contribution in [2.45, 2.75) is 25.7 Å². The van der Waals surface area contributed by atoms with Crippen molar-refractivity contribution >= 4 is 29.2 Å². The fourth-order valence-electron chi connectivity index (χ4n) is 4.54. The minimum Gasteiger partial charge on any atom is -0.490 e. The van der Waals surface area contributed by atoms with E-state index in [0.29, 0.717) is 54.9 Å². The van der Waals surface area contributed by atoms with Gasteiger partial charge in [-0.15, -0.1) is 0 Å². The predicted octanol–water partition coefficient (Wildman–Crippen LogP) is 2.63. The van der Waals surface area contributed by atoms with Crippen molar-refractivity contribution in [1.82, 2.24) is 4.90 Å². The molecule has 1 saturated heterocycles. The molecule has 1 amide bonds. The van der Waals surface area contributed by atoms with E-state index >= 15 is 0 Å². The molecule has 0 unspecified atom stereocenters. The van der Waals surface area contributed by atoms with Gasteiger partial charge in [-0.05, 0) is 18.8 Å². The summed E-state index contributed by atoms with van der Waals surface area (Å²) < 4.78 is 11.2. The van der Waals surface area contributed by atoms with Gasteiger partial charge < -0.3 is 19.9 Å². The quantitative estimate of drug-likeness (QED) is 0.816. The Bertz CT molecular complexity index is 771. The van der Waals surface area contributed by atoms with Crippen LogP contribution in [0.1, 0.15) is 25.7 Å². The normalized spacial score (nSPS) is 27.1. The lowest BCUT2D eigenvalue weighted by atomic mass is 9.81. The van der Waals surface area contributed by atoms with Gasteiger partial charge in [0.1, 0.15) is 0 Å². The molecule has 1 aliphatic carbocycles. The summed E-state index contributed by atoms with van der Waals surface area (Å²) in [5.74, 6) is 0.314. The minimum absolute atomic E-state index is 0.129. The summed E-state index contributed by atoms with van der Waals surface area (Å²) >= 11 is 6.28. The smallest absolute Gasteiger partial charge is 0.311 e. The lowest BCUT2D eigenvalue weighted by molar-refractivity contribution is -0.149. The number of aliphatic carboxylic acids is 1. The number of anilines is 1.